The third-order valence-electron chi connectivity index (χ3n) is 4.20. The molecule has 1 N–H and O–H groups in total. The average molecular weight is 386 g/mol. The summed E-state index contributed by atoms with van der Waals surface area (Å²) in [7, 11) is 2.05. The summed E-state index contributed by atoms with van der Waals surface area (Å²) < 4.78 is 39.8. The maximum atomic E-state index is 13.3. The summed E-state index contributed by atoms with van der Waals surface area (Å²) in [6, 6.07) is 5.41. The molecule has 1 aromatic heterocycles. The van der Waals surface area contributed by atoms with Crippen LogP contribution < -0.4 is 10.2 Å². The molecule has 1 aliphatic rings. The second kappa shape index (κ2) is 7.28. The van der Waals surface area contributed by atoms with Gasteiger partial charge < -0.3 is 15.1 Å². The molecule has 2 aromatic rings. The van der Waals surface area contributed by atoms with Gasteiger partial charge in [0.1, 0.15) is 5.82 Å². The van der Waals surface area contributed by atoms with Crippen molar-refractivity contribution in [2.75, 3.05) is 43.4 Å². The molecular weight excluding hydrogens is 367 g/mol. The van der Waals surface area contributed by atoms with Crippen LogP contribution in [0.2, 0.25) is 5.02 Å². The molecule has 0 aliphatic carbocycles. The van der Waals surface area contributed by atoms with Gasteiger partial charge in [0.05, 0.1) is 11.3 Å². The molecule has 3 rings (SSSR count). The lowest BCUT2D eigenvalue weighted by atomic mass is 10.1. The number of likely N-dealkylation sites (N-methyl/N-ethyl adjacent to an activating group) is 1. The number of halogens is 4. The van der Waals surface area contributed by atoms with E-state index in [-0.39, 0.29) is 16.7 Å². The number of aromatic nitrogens is 2. The molecule has 1 aromatic carbocycles. The third kappa shape index (κ3) is 4.37. The summed E-state index contributed by atoms with van der Waals surface area (Å²) in [5.41, 5.74) is -0.299. The van der Waals surface area contributed by atoms with Crippen LogP contribution in [0, 0.1) is 6.92 Å². The Labute approximate surface area is 154 Å². The smallest absolute Gasteiger partial charge is 0.354 e. The van der Waals surface area contributed by atoms with Gasteiger partial charge in [0.15, 0.2) is 0 Å². The summed E-state index contributed by atoms with van der Waals surface area (Å²) in [6.07, 6.45) is -4.53. The second-order valence-electron chi connectivity index (χ2n) is 6.29. The van der Waals surface area contributed by atoms with E-state index >= 15 is 0 Å². The summed E-state index contributed by atoms with van der Waals surface area (Å²) in [5.74, 6) is 0.836. The molecule has 2 heterocycles. The fourth-order valence-electron chi connectivity index (χ4n) is 2.79. The number of aryl methyl sites for hydroxylation is 1. The van der Waals surface area contributed by atoms with E-state index in [0.717, 1.165) is 32.2 Å². The second-order valence-corrected chi connectivity index (χ2v) is 6.73. The fourth-order valence-corrected chi connectivity index (χ4v) is 2.96. The average Bonchev–Trinajstić information content (AvgIpc) is 2.56. The third-order valence-corrected chi connectivity index (χ3v) is 4.44. The zero-order chi connectivity index (χ0) is 18.9. The minimum atomic E-state index is -4.53. The van der Waals surface area contributed by atoms with Crippen molar-refractivity contribution in [3.8, 4) is 0 Å². The van der Waals surface area contributed by atoms with Crippen molar-refractivity contribution in [3.05, 3.63) is 40.5 Å². The van der Waals surface area contributed by atoms with Gasteiger partial charge in [-0.15, -0.1) is 0 Å². The molecule has 1 fully saturated rings. The molecule has 1 saturated heterocycles. The van der Waals surface area contributed by atoms with E-state index in [1.807, 2.05) is 6.07 Å². The van der Waals surface area contributed by atoms with Crippen molar-refractivity contribution < 1.29 is 13.2 Å². The van der Waals surface area contributed by atoms with Crippen molar-refractivity contribution in [1.29, 1.82) is 0 Å². The van der Waals surface area contributed by atoms with E-state index in [2.05, 4.69) is 32.1 Å². The quantitative estimate of drug-likeness (QED) is 0.866. The number of hydrogen-bond acceptors (Lipinski definition) is 5. The summed E-state index contributed by atoms with van der Waals surface area (Å²) in [4.78, 5) is 13.0. The van der Waals surface area contributed by atoms with Crippen LogP contribution in [0.5, 0.6) is 0 Å². The molecule has 26 heavy (non-hydrogen) atoms. The lowest BCUT2D eigenvalue weighted by Gasteiger charge is -2.33. The first kappa shape index (κ1) is 18.7. The summed E-state index contributed by atoms with van der Waals surface area (Å²) >= 11 is 5.72. The Kier molecular flexibility index (Phi) is 5.24. The van der Waals surface area contributed by atoms with Crippen molar-refractivity contribution in [1.82, 2.24) is 14.9 Å². The maximum absolute atomic E-state index is 13.3. The van der Waals surface area contributed by atoms with Crippen molar-refractivity contribution >= 4 is 29.1 Å². The largest absolute Gasteiger partial charge is 0.418 e. The highest BCUT2D eigenvalue weighted by atomic mass is 35.5. The standard InChI is InChI=1S/C17H19ClF3N5/c1-11-9-15(26-7-5-25(2)6-8-26)24-16(22-11)23-14-4-3-12(18)10-13(14)17(19,20)21/h3-4,9-10H,5-8H2,1-2H3,(H,22,23,24). The van der Waals surface area contributed by atoms with Gasteiger partial charge in [-0.25, -0.2) is 4.98 Å². The van der Waals surface area contributed by atoms with Gasteiger partial charge in [-0.1, -0.05) is 11.6 Å². The topological polar surface area (TPSA) is 44.3 Å². The highest BCUT2D eigenvalue weighted by molar-refractivity contribution is 6.30. The molecule has 0 atom stereocenters. The maximum Gasteiger partial charge on any atom is 0.418 e. The molecule has 0 spiro atoms. The molecule has 5 nitrogen and oxygen atoms in total. The first-order chi connectivity index (χ1) is 12.2. The molecule has 140 valence electrons. The predicted octanol–water partition coefficient (Wildman–Crippen LogP) is 3.95. The first-order valence-electron chi connectivity index (χ1n) is 8.15. The van der Waals surface area contributed by atoms with Crippen LogP contribution in [-0.4, -0.2) is 48.1 Å². The number of nitrogens with zero attached hydrogens (tertiary/aromatic N) is 4. The Balaban J connectivity index is 1.89. The number of alkyl halides is 3. The van der Waals surface area contributed by atoms with E-state index in [1.54, 1.807) is 6.92 Å². The monoisotopic (exact) mass is 385 g/mol. The SMILES string of the molecule is Cc1cc(N2CCN(C)CC2)nc(Nc2ccc(Cl)cc2C(F)(F)F)n1. The van der Waals surface area contributed by atoms with Gasteiger partial charge in [0.2, 0.25) is 5.95 Å². The van der Waals surface area contributed by atoms with Gasteiger partial charge in [-0.2, -0.15) is 18.2 Å². The highest BCUT2D eigenvalue weighted by Crippen LogP contribution is 2.37. The Morgan fingerprint density at radius 1 is 1.08 bits per heavy atom. The minimum Gasteiger partial charge on any atom is -0.354 e. The van der Waals surface area contributed by atoms with Crippen LogP contribution in [0.3, 0.4) is 0 Å². The van der Waals surface area contributed by atoms with E-state index in [4.69, 9.17) is 11.6 Å². The van der Waals surface area contributed by atoms with Crippen LogP contribution in [-0.2, 0) is 6.18 Å². The zero-order valence-corrected chi connectivity index (χ0v) is 15.2. The Morgan fingerprint density at radius 2 is 1.77 bits per heavy atom. The molecule has 0 radical (unpaired) electrons. The van der Waals surface area contributed by atoms with E-state index in [0.29, 0.717) is 11.5 Å². The number of piperazine rings is 1. The highest BCUT2D eigenvalue weighted by Gasteiger charge is 2.34. The van der Waals surface area contributed by atoms with Crippen LogP contribution in [0.15, 0.2) is 24.3 Å². The number of benzene rings is 1. The molecule has 1 aliphatic heterocycles. The Hall–Kier alpha value is -2.06. The van der Waals surface area contributed by atoms with Crippen LogP contribution in [0.1, 0.15) is 11.3 Å². The van der Waals surface area contributed by atoms with E-state index in [1.165, 1.54) is 12.1 Å². The molecule has 0 bridgehead atoms. The Morgan fingerprint density at radius 3 is 2.42 bits per heavy atom. The molecule has 0 unspecified atom stereocenters. The lowest BCUT2D eigenvalue weighted by molar-refractivity contribution is -0.136. The van der Waals surface area contributed by atoms with Crippen molar-refractivity contribution in [2.45, 2.75) is 13.1 Å². The van der Waals surface area contributed by atoms with E-state index < -0.39 is 11.7 Å². The Bertz CT molecular complexity index is 788. The normalized spacial score (nSPS) is 16.0. The minimum absolute atomic E-state index is 0.0196. The zero-order valence-electron chi connectivity index (χ0n) is 14.4. The van der Waals surface area contributed by atoms with Crippen molar-refractivity contribution in [3.63, 3.8) is 0 Å². The van der Waals surface area contributed by atoms with Crippen molar-refractivity contribution in [2.24, 2.45) is 0 Å². The van der Waals surface area contributed by atoms with Gasteiger partial charge in [-0.05, 0) is 32.2 Å². The van der Waals surface area contributed by atoms with Gasteiger partial charge in [0.25, 0.3) is 0 Å². The number of anilines is 3. The van der Waals surface area contributed by atoms with E-state index in [9.17, 15) is 13.2 Å². The van der Waals surface area contributed by atoms with Gasteiger partial charge in [0, 0.05) is 43.0 Å². The van der Waals surface area contributed by atoms with Gasteiger partial charge in [-0.3, -0.25) is 0 Å². The molecular formula is C17H19ClF3N5. The van der Waals surface area contributed by atoms with Crippen LogP contribution in [0.25, 0.3) is 0 Å². The first-order valence-corrected chi connectivity index (χ1v) is 8.53. The van der Waals surface area contributed by atoms with Crippen LogP contribution in [0.4, 0.5) is 30.6 Å². The predicted molar refractivity (Wildman–Crippen MR) is 96.2 cm³/mol. The summed E-state index contributed by atoms with van der Waals surface area (Å²) in [6.45, 7) is 5.21. The molecule has 9 heteroatoms. The fraction of sp³-hybridized carbons (Fsp3) is 0.412. The molecule has 0 amide bonds. The summed E-state index contributed by atoms with van der Waals surface area (Å²) in [5, 5.41) is 2.72. The lowest BCUT2D eigenvalue weighted by Crippen LogP contribution is -2.44. The number of nitrogens with one attached hydrogen (secondary N) is 1. The number of rotatable bonds is 3. The number of hydrogen-bond donors (Lipinski definition) is 1. The van der Waals surface area contributed by atoms with Gasteiger partial charge >= 0.3 is 6.18 Å². The molecule has 0 saturated carbocycles. The van der Waals surface area contributed by atoms with Crippen LogP contribution >= 0.6 is 11.6 Å².